The monoisotopic (exact) mass is 174 g/mol. The van der Waals surface area contributed by atoms with E-state index < -0.39 is 0 Å². The molecule has 0 aliphatic carbocycles. The highest BCUT2D eigenvalue weighted by molar-refractivity contribution is 4.41. The molecule has 0 N–H and O–H groups in total. The van der Waals surface area contributed by atoms with E-state index in [1.165, 1.54) is 25.7 Å². The minimum absolute atomic E-state index is 0.0452. The van der Waals surface area contributed by atoms with Crippen LogP contribution in [0.25, 0.3) is 0 Å². The molecule has 0 saturated heterocycles. The van der Waals surface area contributed by atoms with Crippen LogP contribution in [0.15, 0.2) is 0 Å². The van der Waals surface area contributed by atoms with E-state index >= 15 is 0 Å². The number of hydrogen-bond acceptors (Lipinski definition) is 2. The molecule has 0 radical (unpaired) electrons. The predicted octanol–water partition coefficient (Wildman–Crippen LogP) is 2.97. The van der Waals surface area contributed by atoms with Crippen LogP contribution in [0, 0.1) is 0 Å². The Labute approximate surface area is 76.3 Å². The molecule has 2 heteroatoms. The molecule has 0 rings (SSSR count). The van der Waals surface area contributed by atoms with Crippen LogP contribution >= 0.6 is 0 Å². The fourth-order valence-electron chi connectivity index (χ4n) is 1.02. The molecule has 0 amide bonds. The van der Waals surface area contributed by atoms with Crippen molar-refractivity contribution in [1.82, 2.24) is 0 Å². The van der Waals surface area contributed by atoms with Crippen LogP contribution in [0.3, 0.4) is 0 Å². The lowest BCUT2D eigenvalue weighted by atomic mass is 10.2. The Bertz CT molecular complexity index is 83.9. The number of hydrogen-bond donors (Lipinski definition) is 0. The van der Waals surface area contributed by atoms with Gasteiger partial charge in [0.15, 0.2) is 6.29 Å². The van der Waals surface area contributed by atoms with E-state index in [9.17, 15) is 0 Å². The molecule has 0 aromatic rings. The molecule has 0 aliphatic rings. The first-order chi connectivity index (χ1) is 5.81. The molecule has 0 spiro atoms. The topological polar surface area (TPSA) is 18.5 Å². The Hall–Kier alpha value is -0.0800. The lowest BCUT2D eigenvalue weighted by Crippen LogP contribution is -2.10. The largest absolute Gasteiger partial charge is 0.356 e. The fourth-order valence-corrected chi connectivity index (χ4v) is 1.02. The van der Waals surface area contributed by atoms with E-state index in [1.807, 2.05) is 6.92 Å². The molecule has 0 aliphatic heterocycles. The number of unbranched alkanes of at least 4 members (excludes halogenated alkanes) is 4. The summed E-state index contributed by atoms with van der Waals surface area (Å²) in [4.78, 5) is 0. The first-order valence-electron chi connectivity index (χ1n) is 4.95. The molecule has 0 saturated carbocycles. The van der Waals surface area contributed by atoms with Crippen LogP contribution in [0.5, 0.6) is 0 Å². The summed E-state index contributed by atoms with van der Waals surface area (Å²) in [5, 5.41) is 0. The maximum Gasteiger partial charge on any atom is 0.154 e. The van der Waals surface area contributed by atoms with Crippen molar-refractivity contribution in [1.29, 1.82) is 0 Å². The van der Waals surface area contributed by atoms with Crippen molar-refractivity contribution >= 4 is 0 Å². The van der Waals surface area contributed by atoms with Crippen molar-refractivity contribution in [2.75, 3.05) is 13.7 Å². The van der Waals surface area contributed by atoms with Gasteiger partial charge in [-0.15, -0.1) is 0 Å². The third-order valence-electron chi connectivity index (χ3n) is 1.93. The van der Waals surface area contributed by atoms with Crippen molar-refractivity contribution in [3.05, 3.63) is 0 Å². The van der Waals surface area contributed by atoms with Gasteiger partial charge in [-0.1, -0.05) is 32.6 Å². The summed E-state index contributed by atoms with van der Waals surface area (Å²) in [5.41, 5.74) is 0. The second kappa shape index (κ2) is 9.01. The predicted molar refractivity (Wildman–Crippen MR) is 51.2 cm³/mol. The fraction of sp³-hybridized carbons (Fsp3) is 1.00. The standard InChI is InChI=1S/C10H22O2/c1-4-5-6-7-8-9-12-10(2)11-3/h10H,4-9H2,1-3H3. The second-order valence-corrected chi connectivity index (χ2v) is 3.09. The highest BCUT2D eigenvalue weighted by atomic mass is 16.7. The minimum atomic E-state index is -0.0452. The normalized spacial score (nSPS) is 13.2. The zero-order valence-corrected chi connectivity index (χ0v) is 8.64. The molecule has 1 atom stereocenters. The van der Waals surface area contributed by atoms with E-state index in [0.29, 0.717) is 0 Å². The molecule has 0 fully saturated rings. The van der Waals surface area contributed by atoms with Crippen molar-refractivity contribution in [2.45, 2.75) is 52.2 Å². The maximum atomic E-state index is 5.35. The molecule has 12 heavy (non-hydrogen) atoms. The first kappa shape index (κ1) is 11.9. The number of rotatable bonds is 8. The Morgan fingerprint density at radius 2 is 1.75 bits per heavy atom. The molecule has 0 heterocycles. The summed E-state index contributed by atoms with van der Waals surface area (Å²) in [6.07, 6.45) is 6.38. The molecule has 74 valence electrons. The van der Waals surface area contributed by atoms with Crippen LogP contribution < -0.4 is 0 Å². The SMILES string of the molecule is CCCCCCCOC(C)OC. The van der Waals surface area contributed by atoms with E-state index in [1.54, 1.807) is 7.11 Å². The third kappa shape index (κ3) is 8.02. The minimum Gasteiger partial charge on any atom is -0.356 e. The van der Waals surface area contributed by atoms with Gasteiger partial charge in [-0.05, 0) is 13.3 Å². The zero-order chi connectivity index (χ0) is 9.23. The molecule has 1 unspecified atom stereocenters. The second-order valence-electron chi connectivity index (χ2n) is 3.09. The molecule has 0 bridgehead atoms. The van der Waals surface area contributed by atoms with Crippen molar-refractivity contribution < 1.29 is 9.47 Å². The van der Waals surface area contributed by atoms with Gasteiger partial charge in [-0.3, -0.25) is 0 Å². The van der Waals surface area contributed by atoms with Gasteiger partial charge in [0.25, 0.3) is 0 Å². The Morgan fingerprint density at radius 1 is 1.08 bits per heavy atom. The summed E-state index contributed by atoms with van der Waals surface area (Å²) in [6.45, 7) is 4.98. The summed E-state index contributed by atoms with van der Waals surface area (Å²) < 4.78 is 10.3. The van der Waals surface area contributed by atoms with Crippen molar-refractivity contribution in [3.8, 4) is 0 Å². The molecular weight excluding hydrogens is 152 g/mol. The van der Waals surface area contributed by atoms with Crippen LogP contribution in [-0.2, 0) is 9.47 Å². The third-order valence-corrected chi connectivity index (χ3v) is 1.93. The average molecular weight is 174 g/mol. The van der Waals surface area contributed by atoms with Crippen LogP contribution in [0.2, 0.25) is 0 Å². The summed E-state index contributed by atoms with van der Waals surface area (Å²) in [6, 6.07) is 0. The highest BCUT2D eigenvalue weighted by Gasteiger charge is 1.96. The van der Waals surface area contributed by atoms with Crippen molar-refractivity contribution in [3.63, 3.8) is 0 Å². The Balaban J connectivity index is 2.90. The Morgan fingerprint density at radius 3 is 2.33 bits per heavy atom. The van der Waals surface area contributed by atoms with Gasteiger partial charge in [0.1, 0.15) is 0 Å². The van der Waals surface area contributed by atoms with E-state index in [2.05, 4.69) is 6.92 Å². The van der Waals surface area contributed by atoms with E-state index in [-0.39, 0.29) is 6.29 Å². The van der Waals surface area contributed by atoms with Gasteiger partial charge in [-0.25, -0.2) is 0 Å². The van der Waals surface area contributed by atoms with Crippen LogP contribution in [0.4, 0.5) is 0 Å². The van der Waals surface area contributed by atoms with Gasteiger partial charge >= 0.3 is 0 Å². The average Bonchev–Trinajstić information content (AvgIpc) is 2.10. The van der Waals surface area contributed by atoms with E-state index in [4.69, 9.17) is 9.47 Å². The van der Waals surface area contributed by atoms with Gasteiger partial charge in [0.05, 0.1) is 0 Å². The van der Waals surface area contributed by atoms with Gasteiger partial charge in [-0.2, -0.15) is 0 Å². The highest BCUT2D eigenvalue weighted by Crippen LogP contribution is 2.03. The van der Waals surface area contributed by atoms with Crippen LogP contribution in [-0.4, -0.2) is 20.0 Å². The molecule has 0 aromatic heterocycles. The van der Waals surface area contributed by atoms with Crippen molar-refractivity contribution in [2.24, 2.45) is 0 Å². The number of ether oxygens (including phenoxy) is 2. The lowest BCUT2D eigenvalue weighted by molar-refractivity contribution is -0.111. The van der Waals surface area contributed by atoms with Crippen LogP contribution in [0.1, 0.15) is 46.0 Å². The first-order valence-corrected chi connectivity index (χ1v) is 4.95. The van der Waals surface area contributed by atoms with Gasteiger partial charge in [0.2, 0.25) is 0 Å². The number of methoxy groups -OCH3 is 1. The quantitative estimate of drug-likeness (QED) is 0.416. The molecule has 2 nitrogen and oxygen atoms in total. The van der Waals surface area contributed by atoms with Gasteiger partial charge in [0, 0.05) is 13.7 Å². The Kier molecular flexibility index (Phi) is 8.95. The van der Waals surface area contributed by atoms with E-state index in [0.717, 1.165) is 13.0 Å². The summed E-state index contributed by atoms with van der Waals surface area (Å²) >= 11 is 0. The molecule has 0 aromatic carbocycles. The summed E-state index contributed by atoms with van der Waals surface area (Å²) in [7, 11) is 1.67. The summed E-state index contributed by atoms with van der Waals surface area (Å²) in [5.74, 6) is 0. The maximum absolute atomic E-state index is 5.35. The smallest absolute Gasteiger partial charge is 0.154 e. The lowest BCUT2D eigenvalue weighted by Gasteiger charge is -2.10. The molecular formula is C10H22O2. The van der Waals surface area contributed by atoms with Gasteiger partial charge < -0.3 is 9.47 Å². The zero-order valence-electron chi connectivity index (χ0n) is 8.64.